The molecule has 110 valence electrons. The van der Waals surface area contributed by atoms with Crippen molar-refractivity contribution in [3.05, 3.63) is 18.2 Å². The van der Waals surface area contributed by atoms with Crippen molar-refractivity contribution >= 4 is 35.0 Å². The van der Waals surface area contributed by atoms with Crippen molar-refractivity contribution in [1.29, 1.82) is 0 Å². The zero-order chi connectivity index (χ0) is 15.0. The third-order valence-electron chi connectivity index (χ3n) is 2.44. The molecule has 0 aliphatic rings. The molecule has 0 aliphatic carbocycles. The first kappa shape index (κ1) is 16.2. The third-order valence-corrected chi connectivity index (χ3v) is 3.40. The first-order valence-corrected chi connectivity index (χ1v) is 7.10. The molecule has 0 radical (unpaired) electrons. The smallest absolute Gasteiger partial charge is 0.306 e. The van der Waals surface area contributed by atoms with Crippen LogP contribution in [0.1, 0.15) is 6.42 Å². The summed E-state index contributed by atoms with van der Waals surface area (Å²) in [6.07, 6.45) is 0.291. The molecule has 20 heavy (non-hydrogen) atoms. The highest BCUT2D eigenvalue weighted by Crippen LogP contribution is 2.24. The van der Waals surface area contributed by atoms with E-state index in [0.29, 0.717) is 29.3 Å². The van der Waals surface area contributed by atoms with Crippen molar-refractivity contribution < 1.29 is 19.1 Å². The minimum Gasteiger partial charge on any atom is -0.497 e. The largest absolute Gasteiger partial charge is 0.497 e. The van der Waals surface area contributed by atoms with Gasteiger partial charge in [-0.25, -0.2) is 0 Å². The monoisotopic (exact) mass is 298 g/mol. The molecule has 0 heterocycles. The Bertz CT molecular complexity index is 479. The maximum Gasteiger partial charge on any atom is 0.306 e. The number of nitrogens with one attached hydrogen (secondary N) is 1. The summed E-state index contributed by atoms with van der Waals surface area (Å²) in [5, 5.41) is 2.71. The van der Waals surface area contributed by atoms with Crippen molar-refractivity contribution in [3.63, 3.8) is 0 Å². The van der Waals surface area contributed by atoms with Crippen LogP contribution in [0.4, 0.5) is 11.4 Å². The van der Waals surface area contributed by atoms with Crippen LogP contribution < -0.4 is 15.8 Å². The first-order chi connectivity index (χ1) is 9.56. The summed E-state index contributed by atoms with van der Waals surface area (Å²) < 4.78 is 9.54. The number of rotatable bonds is 7. The van der Waals surface area contributed by atoms with Crippen LogP contribution in [0.15, 0.2) is 18.2 Å². The molecule has 0 saturated heterocycles. The van der Waals surface area contributed by atoms with E-state index in [4.69, 9.17) is 10.5 Å². The Morgan fingerprint density at radius 2 is 2.10 bits per heavy atom. The van der Waals surface area contributed by atoms with Gasteiger partial charge in [0.1, 0.15) is 5.75 Å². The second-order valence-electron chi connectivity index (χ2n) is 3.88. The molecule has 0 aliphatic heterocycles. The second-order valence-corrected chi connectivity index (χ2v) is 4.99. The molecule has 0 fully saturated rings. The molecule has 1 rings (SSSR count). The molecule has 7 heteroatoms. The lowest BCUT2D eigenvalue weighted by Crippen LogP contribution is -2.16. The molecule has 0 aromatic heterocycles. The van der Waals surface area contributed by atoms with Gasteiger partial charge in [-0.1, -0.05) is 0 Å². The molecule has 3 N–H and O–H groups in total. The van der Waals surface area contributed by atoms with E-state index in [1.807, 2.05) is 0 Å². The van der Waals surface area contributed by atoms with E-state index >= 15 is 0 Å². The van der Waals surface area contributed by atoms with Gasteiger partial charge in [-0.15, -0.1) is 0 Å². The fourth-order valence-corrected chi connectivity index (χ4v) is 2.10. The Kier molecular flexibility index (Phi) is 6.72. The second kappa shape index (κ2) is 8.31. The highest BCUT2D eigenvalue weighted by Gasteiger charge is 2.07. The fourth-order valence-electron chi connectivity index (χ4n) is 1.39. The van der Waals surface area contributed by atoms with E-state index < -0.39 is 0 Å². The van der Waals surface area contributed by atoms with Crippen LogP contribution in [-0.4, -0.2) is 37.6 Å². The zero-order valence-electron chi connectivity index (χ0n) is 11.5. The van der Waals surface area contributed by atoms with E-state index in [2.05, 4.69) is 10.1 Å². The molecule has 1 amide bonds. The van der Waals surface area contributed by atoms with E-state index in [1.54, 1.807) is 25.3 Å². The number of thioether (sulfide) groups is 1. The van der Waals surface area contributed by atoms with Crippen molar-refractivity contribution in [2.75, 3.05) is 36.8 Å². The van der Waals surface area contributed by atoms with E-state index in [-0.39, 0.29) is 17.6 Å². The predicted molar refractivity (Wildman–Crippen MR) is 80.0 cm³/mol. The van der Waals surface area contributed by atoms with E-state index in [9.17, 15) is 9.59 Å². The number of ether oxygens (including phenoxy) is 2. The van der Waals surface area contributed by atoms with Gasteiger partial charge in [-0.3, -0.25) is 9.59 Å². The van der Waals surface area contributed by atoms with Crippen LogP contribution >= 0.6 is 11.8 Å². The summed E-state index contributed by atoms with van der Waals surface area (Å²) in [7, 11) is 2.89. The normalized spacial score (nSPS) is 9.90. The quantitative estimate of drug-likeness (QED) is 0.450. The molecule has 6 nitrogen and oxygen atoms in total. The average Bonchev–Trinajstić information content (AvgIpc) is 2.45. The van der Waals surface area contributed by atoms with Crippen molar-refractivity contribution in [2.45, 2.75) is 6.42 Å². The average molecular weight is 298 g/mol. The number of methoxy groups -OCH3 is 2. The number of carbonyl (C=O) groups is 2. The lowest BCUT2D eigenvalue weighted by Gasteiger charge is -2.09. The Labute approximate surface area is 122 Å². The Balaban J connectivity index is 2.37. The third kappa shape index (κ3) is 5.40. The van der Waals surface area contributed by atoms with Gasteiger partial charge < -0.3 is 20.5 Å². The van der Waals surface area contributed by atoms with Crippen molar-refractivity contribution in [3.8, 4) is 5.75 Å². The summed E-state index contributed by atoms with van der Waals surface area (Å²) in [4.78, 5) is 22.6. The summed E-state index contributed by atoms with van der Waals surface area (Å²) in [6.45, 7) is 0. The van der Waals surface area contributed by atoms with E-state index in [1.165, 1.54) is 18.9 Å². The summed E-state index contributed by atoms with van der Waals surface area (Å²) in [5.41, 5.74) is 6.78. The summed E-state index contributed by atoms with van der Waals surface area (Å²) in [5.74, 6) is 0.975. The van der Waals surface area contributed by atoms with Gasteiger partial charge in [0, 0.05) is 11.8 Å². The van der Waals surface area contributed by atoms with Crippen LogP contribution in [-0.2, 0) is 14.3 Å². The van der Waals surface area contributed by atoms with Crippen molar-refractivity contribution in [2.24, 2.45) is 0 Å². The minimum atomic E-state index is -0.280. The van der Waals surface area contributed by atoms with Gasteiger partial charge >= 0.3 is 5.97 Å². The van der Waals surface area contributed by atoms with Crippen molar-refractivity contribution in [1.82, 2.24) is 0 Å². The Morgan fingerprint density at radius 3 is 2.70 bits per heavy atom. The van der Waals surface area contributed by atoms with Gasteiger partial charge in [0.05, 0.1) is 37.8 Å². The fraction of sp³-hybridized carbons (Fsp3) is 0.385. The van der Waals surface area contributed by atoms with Crippen LogP contribution in [0, 0.1) is 0 Å². The summed E-state index contributed by atoms with van der Waals surface area (Å²) in [6, 6.07) is 5.04. The van der Waals surface area contributed by atoms with E-state index in [0.717, 1.165) is 0 Å². The number of nitrogens with two attached hydrogens (primary N) is 1. The molecule has 0 saturated carbocycles. The summed E-state index contributed by atoms with van der Waals surface area (Å²) >= 11 is 1.36. The molecule has 1 aromatic rings. The minimum absolute atomic E-state index is 0.170. The van der Waals surface area contributed by atoms with Gasteiger partial charge in [0.15, 0.2) is 0 Å². The van der Waals surface area contributed by atoms with Crippen LogP contribution in [0.3, 0.4) is 0 Å². The van der Waals surface area contributed by atoms with Crippen LogP contribution in [0.25, 0.3) is 0 Å². The topological polar surface area (TPSA) is 90.7 Å². The molecule has 1 aromatic carbocycles. The number of hydrogen-bond donors (Lipinski definition) is 2. The molecular weight excluding hydrogens is 280 g/mol. The number of carbonyl (C=O) groups excluding carboxylic acids is 2. The molecule has 0 unspecified atom stereocenters. The van der Waals surface area contributed by atoms with Gasteiger partial charge in [-0.2, -0.15) is 11.8 Å². The zero-order valence-corrected chi connectivity index (χ0v) is 12.3. The number of esters is 1. The Morgan fingerprint density at radius 1 is 1.35 bits per heavy atom. The molecule has 0 bridgehead atoms. The maximum atomic E-state index is 11.7. The van der Waals surface area contributed by atoms with Gasteiger partial charge in [0.2, 0.25) is 5.91 Å². The van der Waals surface area contributed by atoms with Gasteiger partial charge in [0.25, 0.3) is 0 Å². The van der Waals surface area contributed by atoms with Gasteiger partial charge in [-0.05, 0) is 12.1 Å². The lowest BCUT2D eigenvalue weighted by atomic mass is 10.2. The molecular formula is C13H18N2O4S. The predicted octanol–water partition coefficient (Wildman–Crippen LogP) is 1.51. The molecule has 0 spiro atoms. The van der Waals surface area contributed by atoms with Crippen LogP contribution in [0.2, 0.25) is 0 Å². The number of benzene rings is 1. The number of anilines is 2. The molecule has 0 atom stereocenters. The lowest BCUT2D eigenvalue weighted by molar-refractivity contribution is -0.140. The highest BCUT2D eigenvalue weighted by molar-refractivity contribution is 7.99. The standard InChI is InChI=1S/C13H18N2O4S/c1-18-9-3-4-11(10(14)7-9)15-12(16)8-20-6-5-13(17)19-2/h3-4,7H,5-6,8,14H2,1-2H3,(H,15,16). The Hall–Kier alpha value is -1.89. The number of nitrogen functional groups attached to an aromatic ring is 1. The first-order valence-electron chi connectivity index (χ1n) is 5.94. The SMILES string of the molecule is COC(=O)CCSCC(=O)Nc1ccc(OC)cc1N. The van der Waals surface area contributed by atoms with Crippen LogP contribution in [0.5, 0.6) is 5.75 Å². The maximum absolute atomic E-state index is 11.7. The number of amides is 1. The number of hydrogen-bond acceptors (Lipinski definition) is 6. The highest BCUT2D eigenvalue weighted by atomic mass is 32.2.